The van der Waals surface area contributed by atoms with Crippen molar-refractivity contribution >= 4 is 17.9 Å². The van der Waals surface area contributed by atoms with Crippen molar-refractivity contribution in [2.75, 3.05) is 0 Å². The van der Waals surface area contributed by atoms with Crippen LogP contribution in [-0.2, 0) is 33.3 Å². The van der Waals surface area contributed by atoms with Gasteiger partial charge in [0.05, 0.1) is 11.5 Å². The number of esters is 3. The number of rotatable bonds is 6. The summed E-state index contributed by atoms with van der Waals surface area (Å²) in [5, 5.41) is 0. The number of hydrogen-bond acceptors (Lipinski definition) is 7. The van der Waals surface area contributed by atoms with Gasteiger partial charge < -0.3 is 18.9 Å². The van der Waals surface area contributed by atoms with E-state index in [1.807, 2.05) is 0 Å². The zero-order chi connectivity index (χ0) is 22.4. The van der Waals surface area contributed by atoms with E-state index >= 15 is 0 Å². The molecule has 1 aliphatic heterocycles. The highest BCUT2D eigenvalue weighted by molar-refractivity contribution is 5.87. The Morgan fingerprint density at radius 2 is 1.78 bits per heavy atom. The van der Waals surface area contributed by atoms with Crippen LogP contribution in [0.2, 0.25) is 0 Å². The summed E-state index contributed by atoms with van der Waals surface area (Å²) in [6.07, 6.45) is 5.59. The topological polar surface area (TPSA) is 88.1 Å². The van der Waals surface area contributed by atoms with E-state index in [2.05, 4.69) is 6.58 Å². The van der Waals surface area contributed by atoms with Crippen LogP contribution >= 0.6 is 0 Å². The molecule has 8 atom stereocenters. The van der Waals surface area contributed by atoms with Crippen molar-refractivity contribution in [3.63, 3.8) is 0 Å². The standard InChI is InChI=1S/C25H32O7/c1-12(2)21(26)32-25-9-14-4-15(10-25)8-24(7-14,11-25)31-13(3)22(27)29-19-16-5-17-18(6-16)23(28)30-20(17)19/h13-20H,1,4-11H2,2-3H3. The summed E-state index contributed by atoms with van der Waals surface area (Å²) in [6, 6.07) is 0. The molecule has 7 rings (SSSR count). The van der Waals surface area contributed by atoms with Gasteiger partial charge in [-0.1, -0.05) is 6.58 Å². The Morgan fingerprint density at radius 3 is 2.47 bits per heavy atom. The van der Waals surface area contributed by atoms with Crippen LogP contribution in [0, 0.1) is 29.6 Å². The van der Waals surface area contributed by atoms with Crippen LogP contribution in [0.3, 0.4) is 0 Å². The molecule has 0 amide bonds. The molecule has 0 aromatic rings. The van der Waals surface area contributed by atoms with Gasteiger partial charge in [0.25, 0.3) is 0 Å². The van der Waals surface area contributed by atoms with Crippen molar-refractivity contribution in [1.82, 2.24) is 0 Å². The van der Waals surface area contributed by atoms with Crippen molar-refractivity contribution in [1.29, 1.82) is 0 Å². The fourth-order valence-corrected chi connectivity index (χ4v) is 8.35. The van der Waals surface area contributed by atoms with Crippen LogP contribution in [0.1, 0.15) is 65.2 Å². The van der Waals surface area contributed by atoms with Gasteiger partial charge in [-0.05, 0) is 70.6 Å². The van der Waals surface area contributed by atoms with Crippen molar-refractivity contribution < 1.29 is 33.3 Å². The summed E-state index contributed by atoms with van der Waals surface area (Å²) in [4.78, 5) is 37.3. The molecule has 0 radical (unpaired) electrons. The van der Waals surface area contributed by atoms with Gasteiger partial charge in [0.1, 0.15) is 17.8 Å². The minimum atomic E-state index is -0.716. The maximum Gasteiger partial charge on any atom is 0.335 e. The highest BCUT2D eigenvalue weighted by Gasteiger charge is 2.64. The third kappa shape index (κ3) is 3.06. The van der Waals surface area contributed by atoms with Gasteiger partial charge in [0.15, 0.2) is 6.10 Å². The summed E-state index contributed by atoms with van der Waals surface area (Å²) >= 11 is 0. The molecule has 0 N–H and O–H groups in total. The van der Waals surface area contributed by atoms with Gasteiger partial charge in [-0.3, -0.25) is 4.79 Å². The first-order valence-electron chi connectivity index (χ1n) is 12.1. The molecule has 7 nitrogen and oxygen atoms in total. The Balaban J connectivity index is 1.14. The molecule has 32 heavy (non-hydrogen) atoms. The van der Waals surface area contributed by atoms with E-state index in [0.29, 0.717) is 23.8 Å². The average molecular weight is 445 g/mol. The molecule has 0 spiro atoms. The molecule has 7 heteroatoms. The van der Waals surface area contributed by atoms with Gasteiger partial charge in [-0.15, -0.1) is 0 Å². The molecular weight excluding hydrogens is 412 g/mol. The van der Waals surface area contributed by atoms with E-state index in [0.717, 1.165) is 44.9 Å². The van der Waals surface area contributed by atoms with Gasteiger partial charge >= 0.3 is 17.9 Å². The highest BCUT2D eigenvalue weighted by atomic mass is 16.6. The lowest BCUT2D eigenvalue weighted by molar-refractivity contribution is -0.246. The summed E-state index contributed by atoms with van der Waals surface area (Å²) in [7, 11) is 0. The van der Waals surface area contributed by atoms with E-state index in [1.165, 1.54) is 0 Å². The van der Waals surface area contributed by atoms with Crippen molar-refractivity contribution in [2.24, 2.45) is 29.6 Å². The molecule has 6 bridgehead atoms. The highest BCUT2D eigenvalue weighted by Crippen LogP contribution is 2.61. The van der Waals surface area contributed by atoms with Crippen LogP contribution in [0.5, 0.6) is 0 Å². The Labute approximate surface area is 188 Å². The van der Waals surface area contributed by atoms with Crippen molar-refractivity contribution in [3.05, 3.63) is 12.2 Å². The zero-order valence-corrected chi connectivity index (χ0v) is 18.8. The van der Waals surface area contributed by atoms with Gasteiger partial charge in [-0.25, -0.2) is 9.59 Å². The number of fused-ring (bicyclic) bond motifs is 1. The lowest BCUT2D eigenvalue weighted by Gasteiger charge is -2.61. The van der Waals surface area contributed by atoms with Crippen LogP contribution < -0.4 is 0 Å². The minimum Gasteiger partial charge on any atom is -0.458 e. The second kappa shape index (κ2) is 6.81. The monoisotopic (exact) mass is 444 g/mol. The van der Waals surface area contributed by atoms with E-state index in [9.17, 15) is 14.4 Å². The molecule has 174 valence electrons. The van der Waals surface area contributed by atoms with Gasteiger partial charge in [-0.2, -0.15) is 0 Å². The second-order valence-electron chi connectivity index (χ2n) is 11.6. The smallest absolute Gasteiger partial charge is 0.335 e. The van der Waals surface area contributed by atoms with Crippen LogP contribution in [0.25, 0.3) is 0 Å². The Bertz CT molecular complexity index is 879. The van der Waals surface area contributed by atoms with E-state index in [1.54, 1.807) is 13.8 Å². The lowest BCUT2D eigenvalue weighted by atomic mass is 9.52. The third-order valence-corrected chi connectivity index (χ3v) is 9.04. The lowest BCUT2D eigenvalue weighted by Crippen LogP contribution is -2.62. The number of hydrogen-bond donors (Lipinski definition) is 0. The summed E-state index contributed by atoms with van der Waals surface area (Å²) in [6.45, 7) is 7.16. The molecular formula is C25H32O7. The largest absolute Gasteiger partial charge is 0.458 e. The first-order chi connectivity index (χ1) is 15.2. The molecule has 7 aliphatic rings. The fraction of sp³-hybridized carbons (Fsp3) is 0.800. The van der Waals surface area contributed by atoms with Gasteiger partial charge in [0, 0.05) is 23.8 Å². The molecule has 6 aliphatic carbocycles. The van der Waals surface area contributed by atoms with E-state index in [-0.39, 0.29) is 47.9 Å². The maximum atomic E-state index is 13.0. The number of carbonyl (C=O) groups is 3. The summed E-state index contributed by atoms with van der Waals surface area (Å²) in [5.41, 5.74) is -0.563. The van der Waals surface area contributed by atoms with Gasteiger partial charge in [0.2, 0.25) is 0 Å². The second-order valence-corrected chi connectivity index (χ2v) is 11.6. The predicted octanol–water partition coefficient (Wildman–Crippen LogP) is 3.10. The normalized spacial score (nSPS) is 47.9. The predicted molar refractivity (Wildman–Crippen MR) is 111 cm³/mol. The van der Waals surface area contributed by atoms with Crippen molar-refractivity contribution in [3.8, 4) is 0 Å². The Morgan fingerprint density at radius 1 is 1.09 bits per heavy atom. The summed E-state index contributed by atoms with van der Waals surface area (Å²) in [5.74, 6) is 0.443. The van der Waals surface area contributed by atoms with Crippen molar-refractivity contribution in [2.45, 2.75) is 94.7 Å². The molecule has 8 unspecified atom stereocenters. The maximum absolute atomic E-state index is 13.0. The molecule has 6 saturated carbocycles. The summed E-state index contributed by atoms with van der Waals surface area (Å²) < 4.78 is 23.9. The number of ether oxygens (including phenoxy) is 4. The molecule has 0 aromatic carbocycles. The first kappa shape index (κ1) is 20.7. The molecule has 1 heterocycles. The molecule has 0 aromatic heterocycles. The quantitative estimate of drug-likeness (QED) is 0.353. The Hall–Kier alpha value is -1.89. The van der Waals surface area contributed by atoms with E-state index < -0.39 is 17.3 Å². The number of carbonyl (C=O) groups excluding carboxylic acids is 3. The minimum absolute atomic E-state index is 0.00115. The van der Waals surface area contributed by atoms with Crippen LogP contribution in [0.15, 0.2) is 12.2 Å². The van der Waals surface area contributed by atoms with Crippen LogP contribution in [-0.4, -0.2) is 47.4 Å². The SMILES string of the molecule is C=C(C)C(=O)OC12CC3CC(C1)CC(OC(C)C(=O)OC1C4CC5C(=O)OC1C5C4)(C3)C2. The molecule has 1 saturated heterocycles. The third-order valence-electron chi connectivity index (χ3n) is 9.04. The Kier molecular flexibility index (Phi) is 4.41. The van der Waals surface area contributed by atoms with E-state index in [4.69, 9.17) is 18.9 Å². The zero-order valence-electron chi connectivity index (χ0n) is 18.8. The first-order valence-corrected chi connectivity index (χ1v) is 12.1. The average Bonchev–Trinajstić information content (AvgIpc) is 3.31. The fourth-order valence-electron chi connectivity index (χ4n) is 8.35. The van der Waals surface area contributed by atoms with Crippen LogP contribution in [0.4, 0.5) is 0 Å². The molecule has 7 fully saturated rings.